The van der Waals surface area contributed by atoms with Gasteiger partial charge in [-0.15, -0.1) is 0 Å². The molecule has 1 aromatic heterocycles. The molecule has 1 fully saturated rings. The van der Waals surface area contributed by atoms with Gasteiger partial charge in [0.2, 0.25) is 0 Å². The monoisotopic (exact) mass is 309 g/mol. The lowest BCUT2D eigenvalue weighted by atomic mass is 10.2. The Morgan fingerprint density at radius 2 is 2.04 bits per heavy atom. The van der Waals surface area contributed by atoms with Gasteiger partial charge in [-0.25, -0.2) is 0 Å². The summed E-state index contributed by atoms with van der Waals surface area (Å²) in [7, 11) is 0. The van der Waals surface area contributed by atoms with Gasteiger partial charge in [0.15, 0.2) is 0 Å². The van der Waals surface area contributed by atoms with Gasteiger partial charge in [-0.3, -0.25) is 4.90 Å². The van der Waals surface area contributed by atoms with Crippen molar-refractivity contribution in [1.29, 1.82) is 0 Å². The van der Waals surface area contributed by atoms with Crippen molar-refractivity contribution in [3.8, 4) is 0 Å². The molecule has 0 aliphatic carbocycles. The van der Waals surface area contributed by atoms with E-state index in [0.29, 0.717) is 0 Å². The first-order valence-electron chi connectivity index (χ1n) is 9.12. The predicted molar refractivity (Wildman–Crippen MR) is 96.4 cm³/mol. The largest absolute Gasteiger partial charge is 0.389 e. The van der Waals surface area contributed by atoms with Crippen molar-refractivity contribution in [2.75, 3.05) is 19.6 Å². The Morgan fingerprint density at radius 1 is 1.09 bits per heavy atom. The summed E-state index contributed by atoms with van der Waals surface area (Å²) in [5.41, 5.74) is 4.35. The average Bonchev–Trinajstić information content (AvgIpc) is 2.75. The highest BCUT2D eigenvalue weighted by Gasteiger charge is 2.17. The molecule has 0 unspecified atom stereocenters. The highest BCUT2D eigenvalue weighted by molar-refractivity contribution is 5.81. The number of hydrogen-bond acceptors (Lipinski definition) is 2. The molecule has 0 atom stereocenters. The van der Waals surface area contributed by atoms with E-state index in [1.807, 2.05) is 0 Å². The Labute approximate surface area is 139 Å². The highest BCUT2D eigenvalue weighted by Crippen LogP contribution is 2.24. The van der Waals surface area contributed by atoms with Crippen molar-refractivity contribution in [2.24, 2.45) is 0 Å². The molecule has 3 heteroatoms. The molecule has 0 radical (unpaired) electrons. The van der Waals surface area contributed by atoms with Crippen LogP contribution in [0.4, 0.5) is 0 Å². The fourth-order valence-corrected chi connectivity index (χ4v) is 3.95. The van der Waals surface area contributed by atoms with Crippen molar-refractivity contribution >= 4 is 10.9 Å². The highest BCUT2D eigenvalue weighted by atomic mass is 15.2. The second-order valence-electron chi connectivity index (χ2n) is 6.88. The summed E-state index contributed by atoms with van der Waals surface area (Å²) in [5, 5.41) is 4.97. The number of fused-ring (bicyclic) bond motifs is 3. The lowest BCUT2D eigenvalue weighted by Crippen LogP contribution is -2.33. The summed E-state index contributed by atoms with van der Waals surface area (Å²) in [4.78, 5) is 2.60. The molecule has 2 aliphatic heterocycles. The molecule has 2 aliphatic rings. The van der Waals surface area contributed by atoms with Crippen LogP contribution in [0.1, 0.15) is 37.8 Å². The van der Waals surface area contributed by atoms with E-state index < -0.39 is 0 Å². The molecular formula is C20H27N3. The number of para-hydroxylation sites is 1. The minimum atomic E-state index is 1.09. The standard InChI is InChI=1S/C20H27N3/c1-2-8-18(21-11-5-1)9-6-12-22-13-14-23-19(16-22)15-17-7-3-4-10-20(17)23/h3-4,7,9-10,15,21H,1-2,5-6,8,11-14,16H2. The summed E-state index contributed by atoms with van der Waals surface area (Å²) in [6.07, 6.45) is 8.91. The zero-order chi connectivity index (χ0) is 15.5. The van der Waals surface area contributed by atoms with E-state index in [0.717, 1.165) is 19.6 Å². The molecule has 1 aromatic carbocycles. The maximum absolute atomic E-state index is 3.59. The van der Waals surface area contributed by atoms with Crippen LogP contribution < -0.4 is 5.32 Å². The van der Waals surface area contributed by atoms with Crippen LogP contribution >= 0.6 is 0 Å². The summed E-state index contributed by atoms with van der Waals surface area (Å²) < 4.78 is 2.50. The molecule has 0 saturated carbocycles. The zero-order valence-electron chi connectivity index (χ0n) is 13.9. The van der Waals surface area contributed by atoms with Crippen LogP contribution in [0.15, 0.2) is 42.1 Å². The first-order chi connectivity index (χ1) is 11.4. The number of allylic oxidation sites excluding steroid dienone is 1. The molecule has 0 spiro atoms. The van der Waals surface area contributed by atoms with Gasteiger partial charge >= 0.3 is 0 Å². The first-order valence-corrected chi connectivity index (χ1v) is 9.12. The Morgan fingerprint density at radius 3 is 3.04 bits per heavy atom. The molecule has 0 bridgehead atoms. The Kier molecular flexibility index (Phi) is 4.38. The van der Waals surface area contributed by atoms with Crippen molar-refractivity contribution < 1.29 is 0 Å². The van der Waals surface area contributed by atoms with E-state index in [2.05, 4.69) is 51.2 Å². The molecule has 1 N–H and O–H groups in total. The Bertz CT molecular complexity index is 688. The first kappa shape index (κ1) is 14.8. The lowest BCUT2D eigenvalue weighted by Gasteiger charge is -2.28. The van der Waals surface area contributed by atoms with Gasteiger partial charge < -0.3 is 9.88 Å². The fourth-order valence-electron chi connectivity index (χ4n) is 3.95. The van der Waals surface area contributed by atoms with Crippen LogP contribution in [0.5, 0.6) is 0 Å². The summed E-state index contributed by atoms with van der Waals surface area (Å²) in [6.45, 7) is 5.72. The van der Waals surface area contributed by atoms with Crippen LogP contribution in [0, 0.1) is 0 Å². The second-order valence-corrected chi connectivity index (χ2v) is 6.88. The van der Waals surface area contributed by atoms with Crippen LogP contribution in [0.3, 0.4) is 0 Å². The summed E-state index contributed by atoms with van der Waals surface area (Å²) in [5.74, 6) is 0. The number of aromatic nitrogens is 1. The third-order valence-electron chi connectivity index (χ3n) is 5.23. The topological polar surface area (TPSA) is 20.2 Å². The third-order valence-corrected chi connectivity index (χ3v) is 5.23. The molecule has 3 heterocycles. The average molecular weight is 309 g/mol. The van der Waals surface area contributed by atoms with Crippen molar-refractivity contribution in [3.63, 3.8) is 0 Å². The van der Waals surface area contributed by atoms with Gasteiger partial charge in [-0.2, -0.15) is 0 Å². The molecule has 4 rings (SSSR count). The van der Waals surface area contributed by atoms with Crippen LogP contribution in [-0.2, 0) is 13.1 Å². The second kappa shape index (κ2) is 6.79. The van der Waals surface area contributed by atoms with E-state index >= 15 is 0 Å². The van der Waals surface area contributed by atoms with Crippen LogP contribution in [-0.4, -0.2) is 29.1 Å². The van der Waals surface area contributed by atoms with Gasteiger partial charge in [-0.1, -0.05) is 30.7 Å². The minimum Gasteiger partial charge on any atom is -0.389 e. The predicted octanol–water partition coefficient (Wildman–Crippen LogP) is 3.89. The third kappa shape index (κ3) is 3.30. The van der Waals surface area contributed by atoms with E-state index in [4.69, 9.17) is 0 Å². The van der Waals surface area contributed by atoms with E-state index in [1.165, 1.54) is 67.5 Å². The van der Waals surface area contributed by atoms with E-state index in [-0.39, 0.29) is 0 Å². The Hall–Kier alpha value is -1.74. The lowest BCUT2D eigenvalue weighted by molar-refractivity contribution is 0.227. The molecular weight excluding hydrogens is 282 g/mol. The number of benzene rings is 1. The molecule has 0 amide bonds. The number of nitrogens with zero attached hydrogens (tertiary/aromatic N) is 2. The fraction of sp³-hybridized carbons (Fsp3) is 0.500. The normalized spacial score (nSPS) is 21.1. The van der Waals surface area contributed by atoms with Gasteiger partial charge in [0.1, 0.15) is 0 Å². The molecule has 3 nitrogen and oxygen atoms in total. The van der Waals surface area contributed by atoms with E-state index in [1.54, 1.807) is 0 Å². The van der Waals surface area contributed by atoms with Crippen LogP contribution in [0.25, 0.3) is 10.9 Å². The maximum Gasteiger partial charge on any atom is 0.0483 e. The van der Waals surface area contributed by atoms with Gasteiger partial charge in [0.25, 0.3) is 0 Å². The zero-order valence-corrected chi connectivity index (χ0v) is 13.9. The van der Waals surface area contributed by atoms with E-state index in [9.17, 15) is 0 Å². The van der Waals surface area contributed by atoms with Gasteiger partial charge in [0, 0.05) is 49.6 Å². The molecule has 23 heavy (non-hydrogen) atoms. The quantitative estimate of drug-likeness (QED) is 0.928. The van der Waals surface area contributed by atoms with Crippen molar-refractivity contribution in [3.05, 3.63) is 47.8 Å². The molecule has 2 aromatic rings. The van der Waals surface area contributed by atoms with Crippen molar-refractivity contribution in [1.82, 2.24) is 14.8 Å². The number of nitrogens with one attached hydrogen (secondary N) is 1. The van der Waals surface area contributed by atoms with Crippen LogP contribution in [0.2, 0.25) is 0 Å². The minimum absolute atomic E-state index is 1.09. The Balaban J connectivity index is 1.37. The summed E-state index contributed by atoms with van der Waals surface area (Å²) >= 11 is 0. The summed E-state index contributed by atoms with van der Waals surface area (Å²) in [6, 6.07) is 11.1. The van der Waals surface area contributed by atoms with Gasteiger partial charge in [0.05, 0.1) is 0 Å². The number of hydrogen-bond donors (Lipinski definition) is 1. The maximum atomic E-state index is 3.59. The SMILES string of the molecule is C(CCN1CCn2c(cc3ccccc32)C1)=C1CCCCCN1. The number of rotatable bonds is 3. The smallest absolute Gasteiger partial charge is 0.0483 e. The van der Waals surface area contributed by atoms with Gasteiger partial charge in [-0.05, 0) is 43.2 Å². The van der Waals surface area contributed by atoms with Crippen molar-refractivity contribution in [2.45, 2.75) is 45.2 Å². The molecule has 1 saturated heterocycles. The molecule has 122 valence electrons.